The molecule has 6 heteroatoms. The van der Waals surface area contributed by atoms with Gasteiger partial charge >= 0.3 is 0 Å². The van der Waals surface area contributed by atoms with Gasteiger partial charge < -0.3 is 4.90 Å². The molecule has 2 fully saturated rings. The molecule has 2 aliphatic rings. The van der Waals surface area contributed by atoms with Gasteiger partial charge in [-0.2, -0.15) is 0 Å². The second kappa shape index (κ2) is 7.43. The van der Waals surface area contributed by atoms with Crippen molar-refractivity contribution in [3.8, 4) is 0 Å². The van der Waals surface area contributed by atoms with Gasteiger partial charge in [-0.3, -0.25) is 14.2 Å². The Morgan fingerprint density at radius 2 is 2.04 bits per heavy atom. The van der Waals surface area contributed by atoms with Crippen molar-refractivity contribution in [2.45, 2.75) is 62.7 Å². The Balaban J connectivity index is 1.58. The molecule has 1 atom stereocenters. The number of thioether (sulfide) groups is 1. The summed E-state index contributed by atoms with van der Waals surface area (Å²) in [6, 6.07) is 8.10. The summed E-state index contributed by atoms with van der Waals surface area (Å²) >= 11 is 1.42. The fourth-order valence-corrected chi connectivity index (χ4v) is 4.80. The predicted molar refractivity (Wildman–Crippen MR) is 105 cm³/mol. The first-order valence-electron chi connectivity index (χ1n) is 9.62. The number of amides is 1. The summed E-state index contributed by atoms with van der Waals surface area (Å²) in [5.74, 6) is 0.528. The molecule has 1 saturated carbocycles. The molecule has 26 heavy (non-hydrogen) atoms. The lowest BCUT2D eigenvalue weighted by atomic mass is 10.0. The normalized spacial score (nSPS) is 20.5. The van der Waals surface area contributed by atoms with E-state index in [0.717, 1.165) is 38.6 Å². The van der Waals surface area contributed by atoms with Crippen LogP contribution in [0.15, 0.2) is 34.2 Å². The van der Waals surface area contributed by atoms with E-state index in [1.54, 1.807) is 0 Å². The number of para-hydroxylation sites is 1. The van der Waals surface area contributed by atoms with Gasteiger partial charge in [-0.1, -0.05) is 30.8 Å². The van der Waals surface area contributed by atoms with Crippen LogP contribution in [0.4, 0.5) is 0 Å². The van der Waals surface area contributed by atoms with Gasteiger partial charge in [0.25, 0.3) is 5.56 Å². The Morgan fingerprint density at radius 1 is 1.23 bits per heavy atom. The van der Waals surface area contributed by atoms with Gasteiger partial charge in [0, 0.05) is 18.6 Å². The highest BCUT2D eigenvalue weighted by Crippen LogP contribution is 2.37. The quantitative estimate of drug-likeness (QED) is 0.595. The van der Waals surface area contributed by atoms with E-state index < -0.39 is 0 Å². The van der Waals surface area contributed by atoms with Crippen LogP contribution in [-0.2, 0) is 4.79 Å². The molecule has 0 spiro atoms. The molecule has 138 valence electrons. The van der Waals surface area contributed by atoms with Gasteiger partial charge in [-0.25, -0.2) is 4.98 Å². The third kappa shape index (κ3) is 3.39. The molecular formula is C20H25N3O2S. The number of fused-ring (bicyclic) bond motifs is 1. The highest BCUT2D eigenvalue weighted by atomic mass is 32.2. The summed E-state index contributed by atoms with van der Waals surface area (Å²) in [5, 5.41) is 1.35. The molecule has 0 radical (unpaired) electrons. The lowest BCUT2D eigenvalue weighted by molar-refractivity contribution is -0.132. The monoisotopic (exact) mass is 371 g/mol. The molecular weight excluding hydrogens is 346 g/mol. The van der Waals surface area contributed by atoms with Crippen molar-refractivity contribution < 1.29 is 4.79 Å². The van der Waals surface area contributed by atoms with Gasteiger partial charge in [0.15, 0.2) is 5.16 Å². The van der Waals surface area contributed by atoms with Crippen molar-refractivity contribution in [2.75, 3.05) is 12.3 Å². The van der Waals surface area contributed by atoms with Crippen molar-refractivity contribution in [3.63, 3.8) is 0 Å². The van der Waals surface area contributed by atoms with E-state index in [1.165, 1.54) is 18.2 Å². The zero-order chi connectivity index (χ0) is 18.1. The van der Waals surface area contributed by atoms with Crippen LogP contribution in [0.1, 0.15) is 51.5 Å². The number of piperidine rings is 1. The maximum atomic E-state index is 12.9. The van der Waals surface area contributed by atoms with Crippen LogP contribution in [0.3, 0.4) is 0 Å². The summed E-state index contributed by atoms with van der Waals surface area (Å²) in [7, 11) is 0. The lowest BCUT2D eigenvalue weighted by Crippen LogP contribution is -2.44. The lowest BCUT2D eigenvalue weighted by Gasteiger charge is -2.35. The number of benzene rings is 1. The molecule has 1 aliphatic carbocycles. The number of likely N-dealkylation sites (tertiary alicyclic amines) is 1. The molecule has 5 nitrogen and oxygen atoms in total. The number of nitrogens with zero attached hydrogens (tertiary/aromatic N) is 3. The minimum atomic E-state index is 0.0254. The maximum Gasteiger partial charge on any atom is 0.262 e. The first-order valence-corrected chi connectivity index (χ1v) is 10.6. The van der Waals surface area contributed by atoms with Crippen LogP contribution in [0.2, 0.25) is 0 Å². The molecule has 2 aromatic rings. The second-order valence-corrected chi connectivity index (χ2v) is 8.19. The van der Waals surface area contributed by atoms with Crippen molar-refractivity contribution in [1.82, 2.24) is 14.5 Å². The highest BCUT2D eigenvalue weighted by molar-refractivity contribution is 7.99. The number of aromatic nitrogens is 2. The van der Waals surface area contributed by atoms with Gasteiger partial charge in [0.2, 0.25) is 5.91 Å². The van der Waals surface area contributed by atoms with E-state index in [1.807, 2.05) is 33.7 Å². The average molecular weight is 372 g/mol. The zero-order valence-electron chi connectivity index (χ0n) is 15.2. The average Bonchev–Trinajstić information content (AvgIpc) is 3.51. The molecule has 1 aromatic heterocycles. The first-order chi connectivity index (χ1) is 12.7. The SMILES string of the molecule is CC[C@H]1CCCCN1C(=O)CSc1nc2ccccc2c(=O)n1C1CC1. The van der Waals surface area contributed by atoms with E-state index >= 15 is 0 Å². The van der Waals surface area contributed by atoms with Gasteiger partial charge in [-0.05, 0) is 50.7 Å². The zero-order valence-corrected chi connectivity index (χ0v) is 16.0. The van der Waals surface area contributed by atoms with Crippen LogP contribution in [0.25, 0.3) is 10.9 Å². The summed E-state index contributed by atoms with van der Waals surface area (Å²) in [4.78, 5) is 32.4. The minimum Gasteiger partial charge on any atom is -0.339 e. The number of rotatable bonds is 5. The maximum absolute atomic E-state index is 12.9. The number of hydrogen-bond acceptors (Lipinski definition) is 4. The number of carbonyl (C=O) groups excluding carboxylic acids is 1. The molecule has 0 N–H and O–H groups in total. The summed E-state index contributed by atoms with van der Waals surface area (Å²) in [6.45, 7) is 3.01. The van der Waals surface area contributed by atoms with E-state index in [2.05, 4.69) is 6.92 Å². The van der Waals surface area contributed by atoms with E-state index in [0.29, 0.717) is 27.9 Å². The van der Waals surface area contributed by atoms with Crippen LogP contribution in [-0.4, -0.2) is 38.7 Å². The fraction of sp³-hybridized carbons (Fsp3) is 0.550. The van der Waals surface area contributed by atoms with Gasteiger partial charge in [0.05, 0.1) is 16.7 Å². The Labute approximate surface area is 157 Å². The topological polar surface area (TPSA) is 55.2 Å². The first kappa shape index (κ1) is 17.6. The van der Waals surface area contributed by atoms with Gasteiger partial charge in [-0.15, -0.1) is 0 Å². The van der Waals surface area contributed by atoms with E-state index in [9.17, 15) is 9.59 Å². The molecule has 1 aromatic carbocycles. The third-order valence-electron chi connectivity index (χ3n) is 5.43. The summed E-state index contributed by atoms with van der Waals surface area (Å²) in [6.07, 6.45) is 6.46. The summed E-state index contributed by atoms with van der Waals surface area (Å²) < 4.78 is 1.81. The molecule has 1 saturated heterocycles. The highest BCUT2D eigenvalue weighted by Gasteiger charge is 2.30. The second-order valence-electron chi connectivity index (χ2n) is 7.25. The molecule has 1 amide bonds. The predicted octanol–water partition coefficient (Wildman–Crippen LogP) is 3.61. The van der Waals surface area contributed by atoms with Crippen LogP contribution in [0.5, 0.6) is 0 Å². The standard InChI is InChI=1S/C20H25N3O2S/c1-2-14-7-5-6-12-22(14)18(24)13-26-20-21-17-9-4-3-8-16(17)19(25)23(20)15-10-11-15/h3-4,8-9,14-15H,2,5-7,10-13H2,1H3/t14-/m0/s1. The largest absolute Gasteiger partial charge is 0.339 e. The molecule has 0 unspecified atom stereocenters. The molecule has 4 rings (SSSR count). The molecule has 0 bridgehead atoms. The van der Waals surface area contributed by atoms with Crippen molar-refractivity contribution in [2.24, 2.45) is 0 Å². The third-order valence-corrected chi connectivity index (χ3v) is 6.37. The van der Waals surface area contributed by atoms with Gasteiger partial charge in [0.1, 0.15) is 0 Å². The van der Waals surface area contributed by atoms with Crippen molar-refractivity contribution in [3.05, 3.63) is 34.6 Å². The Bertz CT molecular complexity index is 875. The molecule has 2 heterocycles. The van der Waals surface area contributed by atoms with Crippen LogP contribution < -0.4 is 5.56 Å². The fourth-order valence-electron chi connectivity index (χ4n) is 3.84. The number of hydrogen-bond donors (Lipinski definition) is 0. The Kier molecular flexibility index (Phi) is 5.02. The summed E-state index contributed by atoms with van der Waals surface area (Å²) in [5.41, 5.74) is 0.742. The van der Waals surface area contributed by atoms with E-state index in [4.69, 9.17) is 4.98 Å². The number of carbonyl (C=O) groups is 1. The van der Waals surface area contributed by atoms with Crippen LogP contribution in [0, 0.1) is 0 Å². The minimum absolute atomic E-state index is 0.0254. The van der Waals surface area contributed by atoms with Crippen molar-refractivity contribution >= 4 is 28.6 Å². The Hall–Kier alpha value is -1.82. The Morgan fingerprint density at radius 3 is 2.81 bits per heavy atom. The van der Waals surface area contributed by atoms with E-state index in [-0.39, 0.29) is 17.5 Å². The van der Waals surface area contributed by atoms with Crippen molar-refractivity contribution in [1.29, 1.82) is 0 Å². The smallest absolute Gasteiger partial charge is 0.262 e. The van der Waals surface area contributed by atoms with Crippen LogP contribution >= 0.6 is 11.8 Å². The molecule has 1 aliphatic heterocycles.